The molecule has 0 radical (unpaired) electrons. The van der Waals surface area contributed by atoms with Crippen molar-refractivity contribution in [3.05, 3.63) is 56.2 Å². The van der Waals surface area contributed by atoms with Crippen LogP contribution in [0.3, 0.4) is 0 Å². The van der Waals surface area contributed by atoms with E-state index in [1.165, 1.54) is 11.3 Å². The average Bonchev–Trinajstić information content (AvgIpc) is 2.79. The molecule has 22 heavy (non-hydrogen) atoms. The molecule has 1 atom stereocenters. The summed E-state index contributed by atoms with van der Waals surface area (Å²) in [6.07, 6.45) is 0.117. The van der Waals surface area contributed by atoms with E-state index in [-0.39, 0.29) is 12.3 Å². The minimum absolute atomic E-state index is 0.117. The van der Waals surface area contributed by atoms with Crippen LogP contribution in [-0.2, 0) is 16.0 Å². The van der Waals surface area contributed by atoms with Crippen LogP contribution < -0.4 is 5.32 Å². The molecule has 2 N–H and O–H groups in total. The van der Waals surface area contributed by atoms with Gasteiger partial charge in [0.25, 0.3) is 0 Å². The molecule has 1 aromatic carbocycles. The predicted molar refractivity (Wildman–Crippen MR) is 87.5 cm³/mol. The van der Waals surface area contributed by atoms with E-state index in [1.54, 1.807) is 24.3 Å². The molecule has 116 valence electrons. The standard InChI is InChI=1S/C16H16ClNO3S/c1-9-5-10(2)7-11(6-9)15(16(20)21)18-14(19)8-12-3-4-13(17)22-12/h3-7,15H,8H2,1-2H3,(H,18,19)(H,20,21). The Kier molecular flexibility index (Phi) is 5.21. The number of carboxylic acid groups (broad SMARTS) is 1. The number of amides is 1. The molecule has 1 unspecified atom stereocenters. The summed E-state index contributed by atoms with van der Waals surface area (Å²) >= 11 is 7.13. The lowest BCUT2D eigenvalue weighted by atomic mass is 10.0. The maximum Gasteiger partial charge on any atom is 0.330 e. The van der Waals surface area contributed by atoms with Gasteiger partial charge in [0.15, 0.2) is 6.04 Å². The van der Waals surface area contributed by atoms with Gasteiger partial charge in [-0.3, -0.25) is 4.79 Å². The number of carboxylic acids is 1. The number of carbonyl (C=O) groups is 2. The molecule has 1 amide bonds. The van der Waals surface area contributed by atoms with Crippen LogP contribution in [0.4, 0.5) is 0 Å². The van der Waals surface area contributed by atoms with Gasteiger partial charge in [0, 0.05) is 4.88 Å². The number of aliphatic carboxylic acids is 1. The Balaban J connectivity index is 2.14. The van der Waals surface area contributed by atoms with Gasteiger partial charge in [0.05, 0.1) is 10.8 Å². The van der Waals surface area contributed by atoms with Crippen LogP contribution in [0.25, 0.3) is 0 Å². The minimum atomic E-state index is -1.08. The fourth-order valence-electron chi connectivity index (χ4n) is 2.28. The van der Waals surface area contributed by atoms with Crippen LogP contribution in [0, 0.1) is 13.8 Å². The second kappa shape index (κ2) is 6.94. The molecular weight excluding hydrogens is 322 g/mol. The summed E-state index contributed by atoms with van der Waals surface area (Å²) < 4.78 is 0.604. The molecule has 0 saturated carbocycles. The smallest absolute Gasteiger partial charge is 0.330 e. The van der Waals surface area contributed by atoms with Crippen molar-refractivity contribution in [2.45, 2.75) is 26.3 Å². The van der Waals surface area contributed by atoms with Gasteiger partial charge < -0.3 is 10.4 Å². The number of aryl methyl sites for hydroxylation is 2. The number of hydrogen-bond donors (Lipinski definition) is 2. The van der Waals surface area contributed by atoms with Crippen molar-refractivity contribution in [3.8, 4) is 0 Å². The van der Waals surface area contributed by atoms with E-state index in [4.69, 9.17) is 11.6 Å². The van der Waals surface area contributed by atoms with Crippen LogP contribution in [0.5, 0.6) is 0 Å². The highest BCUT2D eigenvalue weighted by molar-refractivity contribution is 7.16. The molecule has 0 aliphatic heterocycles. The lowest BCUT2D eigenvalue weighted by Crippen LogP contribution is -2.34. The van der Waals surface area contributed by atoms with Gasteiger partial charge in [-0.15, -0.1) is 11.3 Å². The van der Waals surface area contributed by atoms with Crippen molar-refractivity contribution in [1.29, 1.82) is 0 Å². The van der Waals surface area contributed by atoms with E-state index in [1.807, 2.05) is 19.9 Å². The van der Waals surface area contributed by atoms with Crippen molar-refractivity contribution in [2.75, 3.05) is 0 Å². The van der Waals surface area contributed by atoms with Gasteiger partial charge >= 0.3 is 5.97 Å². The highest BCUT2D eigenvalue weighted by Crippen LogP contribution is 2.22. The number of halogens is 1. The van der Waals surface area contributed by atoms with Crippen molar-refractivity contribution in [2.24, 2.45) is 0 Å². The lowest BCUT2D eigenvalue weighted by Gasteiger charge is -2.16. The van der Waals surface area contributed by atoms with Crippen molar-refractivity contribution in [1.82, 2.24) is 5.32 Å². The zero-order valence-corrected chi connectivity index (χ0v) is 13.8. The number of thiophene rings is 1. The number of hydrogen-bond acceptors (Lipinski definition) is 3. The lowest BCUT2D eigenvalue weighted by molar-refractivity contribution is -0.141. The SMILES string of the molecule is Cc1cc(C)cc(C(NC(=O)Cc2ccc(Cl)s2)C(=O)O)c1. The molecule has 0 spiro atoms. The highest BCUT2D eigenvalue weighted by Gasteiger charge is 2.22. The zero-order valence-electron chi connectivity index (χ0n) is 12.2. The largest absolute Gasteiger partial charge is 0.479 e. The highest BCUT2D eigenvalue weighted by atomic mass is 35.5. The number of rotatable bonds is 5. The van der Waals surface area contributed by atoms with Gasteiger partial charge in [-0.1, -0.05) is 40.9 Å². The molecule has 1 heterocycles. The molecule has 0 aliphatic rings. The Hall–Kier alpha value is -1.85. The first-order valence-corrected chi connectivity index (χ1v) is 7.89. The second-order valence-corrected chi connectivity index (χ2v) is 6.94. The third-order valence-corrected chi connectivity index (χ3v) is 4.32. The van der Waals surface area contributed by atoms with E-state index in [0.717, 1.165) is 16.0 Å². The molecular formula is C16H16ClNO3S. The van der Waals surface area contributed by atoms with E-state index < -0.39 is 12.0 Å². The molecule has 6 heteroatoms. The van der Waals surface area contributed by atoms with Gasteiger partial charge in [0.2, 0.25) is 5.91 Å². The van der Waals surface area contributed by atoms with Gasteiger partial charge in [-0.2, -0.15) is 0 Å². The summed E-state index contributed by atoms with van der Waals surface area (Å²) in [6, 6.07) is 7.92. The van der Waals surface area contributed by atoms with Crippen LogP contribution >= 0.6 is 22.9 Å². The minimum Gasteiger partial charge on any atom is -0.479 e. The van der Waals surface area contributed by atoms with Crippen molar-refractivity contribution in [3.63, 3.8) is 0 Å². The maximum absolute atomic E-state index is 12.1. The van der Waals surface area contributed by atoms with Crippen LogP contribution in [0.2, 0.25) is 4.34 Å². The first-order chi connectivity index (χ1) is 10.3. The normalized spacial score (nSPS) is 12.0. The van der Waals surface area contributed by atoms with Crippen molar-refractivity contribution < 1.29 is 14.7 Å². The molecule has 4 nitrogen and oxygen atoms in total. The molecule has 0 saturated heterocycles. The molecule has 0 aliphatic carbocycles. The van der Waals surface area contributed by atoms with E-state index in [2.05, 4.69) is 5.32 Å². The molecule has 0 bridgehead atoms. The Bertz CT molecular complexity index is 691. The van der Waals surface area contributed by atoms with Crippen molar-refractivity contribution >= 4 is 34.8 Å². The number of benzene rings is 1. The molecule has 2 rings (SSSR count). The summed E-state index contributed by atoms with van der Waals surface area (Å²) in [6.45, 7) is 3.79. The fourth-order valence-corrected chi connectivity index (χ4v) is 3.37. The van der Waals surface area contributed by atoms with Gasteiger partial charge in [-0.25, -0.2) is 4.79 Å². The van der Waals surface area contributed by atoms with E-state index >= 15 is 0 Å². The third-order valence-electron chi connectivity index (χ3n) is 3.09. The van der Waals surface area contributed by atoms with E-state index in [9.17, 15) is 14.7 Å². The predicted octanol–water partition coefficient (Wildman–Crippen LogP) is 3.50. The summed E-state index contributed by atoms with van der Waals surface area (Å²) in [4.78, 5) is 24.3. The van der Waals surface area contributed by atoms with Crippen LogP contribution in [-0.4, -0.2) is 17.0 Å². The summed E-state index contributed by atoms with van der Waals surface area (Å²) in [5.41, 5.74) is 2.49. The van der Waals surface area contributed by atoms with E-state index in [0.29, 0.717) is 9.90 Å². The van der Waals surface area contributed by atoms with Gasteiger partial charge in [-0.05, 0) is 31.5 Å². The fraction of sp³-hybridized carbons (Fsp3) is 0.250. The quantitative estimate of drug-likeness (QED) is 0.877. The first-order valence-electron chi connectivity index (χ1n) is 6.69. The Morgan fingerprint density at radius 1 is 1.23 bits per heavy atom. The van der Waals surface area contributed by atoms with Crippen LogP contribution in [0.1, 0.15) is 27.6 Å². The average molecular weight is 338 g/mol. The maximum atomic E-state index is 12.1. The molecule has 1 aromatic heterocycles. The zero-order chi connectivity index (χ0) is 16.3. The summed E-state index contributed by atoms with van der Waals surface area (Å²) in [5.74, 6) is -1.42. The number of carbonyl (C=O) groups excluding carboxylic acids is 1. The Labute approximate surface area is 137 Å². The summed E-state index contributed by atoms with van der Waals surface area (Å²) in [5, 5.41) is 12.0. The molecule has 2 aromatic rings. The Morgan fingerprint density at radius 2 is 1.86 bits per heavy atom. The first kappa shape index (κ1) is 16.5. The topological polar surface area (TPSA) is 66.4 Å². The Morgan fingerprint density at radius 3 is 2.36 bits per heavy atom. The van der Waals surface area contributed by atoms with Crippen LogP contribution in [0.15, 0.2) is 30.3 Å². The second-order valence-electron chi connectivity index (χ2n) is 5.14. The summed E-state index contributed by atoms with van der Waals surface area (Å²) in [7, 11) is 0. The number of nitrogens with one attached hydrogen (secondary N) is 1. The third kappa shape index (κ3) is 4.32. The monoisotopic (exact) mass is 337 g/mol. The van der Waals surface area contributed by atoms with Gasteiger partial charge in [0.1, 0.15) is 0 Å². The molecule has 0 fully saturated rings.